The van der Waals surface area contributed by atoms with Crippen molar-refractivity contribution in [3.63, 3.8) is 0 Å². The number of hydrogen-bond acceptors (Lipinski definition) is 5. The number of carbonyl (C=O) groups excluding carboxylic acids is 1. The lowest BCUT2D eigenvalue weighted by atomic mass is 10.1. The Hall–Kier alpha value is -4.00. The molecule has 4 rings (SSSR count). The standard InChI is InChI=1S/C25H24N4O3/c1-2-32-20-12-10-18(11-13-20)15-24(30)27-16-23-21-8-3-4-9-22(21)25(31)29(28-23)17-19-7-5-6-14-26-19/h3-14H,2,15-17H2,1H3,(H,27,30). The van der Waals surface area contributed by atoms with Crippen molar-refractivity contribution in [3.05, 3.63) is 100 Å². The van der Waals surface area contributed by atoms with Crippen LogP contribution in [0.4, 0.5) is 0 Å². The first kappa shape index (κ1) is 21.2. The van der Waals surface area contributed by atoms with Crippen molar-refractivity contribution in [1.82, 2.24) is 20.1 Å². The molecule has 0 bridgehead atoms. The third-order valence-corrected chi connectivity index (χ3v) is 5.03. The summed E-state index contributed by atoms with van der Waals surface area (Å²) in [4.78, 5) is 29.7. The Morgan fingerprint density at radius 1 is 1.00 bits per heavy atom. The summed E-state index contributed by atoms with van der Waals surface area (Å²) in [5.74, 6) is 0.657. The van der Waals surface area contributed by atoms with Crippen LogP contribution in [0.1, 0.15) is 23.9 Å². The molecule has 0 saturated heterocycles. The molecule has 1 N–H and O–H groups in total. The Bertz CT molecular complexity index is 1270. The largest absolute Gasteiger partial charge is 0.494 e. The first-order chi connectivity index (χ1) is 15.6. The molecule has 0 aliphatic carbocycles. The number of amides is 1. The van der Waals surface area contributed by atoms with Gasteiger partial charge in [0.1, 0.15) is 5.75 Å². The van der Waals surface area contributed by atoms with Crippen molar-refractivity contribution in [1.29, 1.82) is 0 Å². The normalized spacial score (nSPS) is 10.8. The van der Waals surface area contributed by atoms with Crippen molar-refractivity contribution in [2.75, 3.05) is 6.61 Å². The van der Waals surface area contributed by atoms with E-state index in [1.165, 1.54) is 4.68 Å². The van der Waals surface area contributed by atoms with Gasteiger partial charge < -0.3 is 10.1 Å². The van der Waals surface area contributed by atoms with E-state index in [9.17, 15) is 9.59 Å². The van der Waals surface area contributed by atoms with Crippen molar-refractivity contribution in [2.45, 2.75) is 26.4 Å². The second kappa shape index (κ2) is 9.87. The molecule has 0 saturated carbocycles. The molecule has 0 aliphatic heterocycles. The number of aromatic nitrogens is 3. The van der Waals surface area contributed by atoms with Crippen LogP contribution in [0.15, 0.2) is 77.7 Å². The predicted molar refractivity (Wildman–Crippen MR) is 123 cm³/mol. The number of benzene rings is 2. The summed E-state index contributed by atoms with van der Waals surface area (Å²) in [5.41, 5.74) is 2.08. The first-order valence-corrected chi connectivity index (χ1v) is 10.5. The second-order valence-electron chi connectivity index (χ2n) is 7.31. The van der Waals surface area contributed by atoms with Gasteiger partial charge in [-0.15, -0.1) is 0 Å². The molecule has 0 spiro atoms. The van der Waals surface area contributed by atoms with Gasteiger partial charge in [-0.3, -0.25) is 14.6 Å². The molecule has 0 fully saturated rings. The minimum atomic E-state index is -0.185. The lowest BCUT2D eigenvalue weighted by molar-refractivity contribution is -0.120. The van der Waals surface area contributed by atoms with Crippen molar-refractivity contribution in [2.24, 2.45) is 0 Å². The van der Waals surface area contributed by atoms with Crippen molar-refractivity contribution >= 4 is 16.7 Å². The molecule has 0 aliphatic rings. The molecule has 2 aromatic carbocycles. The minimum absolute atomic E-state index is 0.123. The molecule has 32 heavy (non-hydrogen) atoms. The number of nitrogens with zero attached hydrogens (tertiary/aromatic N) is 3. The zero-order chi connectivity index (χ0) is 22.3. The maximum Gasteiger partial charge on any atom is 0.275 e. The van der Waals surface area contributed by atoms with E-state index in [0.717, 1.165) is 22.4 Å². The topological polar surface area (TPSA) is 86.1 Å². The summed E-state index contributed by atoms with van der Waals surface area (Å²) in [6, 6.07) is 20.3. The Morgan fingerprint density at radius 2 is 1.75 bits per heavy atom. The van der Waals surface area contributed by atoms with Gasteiger partial charge in [-0.25, -0.2) is 4.68 Å². The van der Waals surface area contributed by atoms with E-state index in [4.69, 9.17) is 4.74 Å². The monoisotopic (exact) mass is 428 g/mol. The highest BCUT2D eigenvalue weighted by molar-refractivity contribution is 5.84. The third-order valence-electron chi connectivity index (χ3n) is 5.03. The number of ether oxygens (including phenoxy) is 1. The van der Waals surface area contributed by atoms with Crippen LogP contribution in [0.2, 0.25) is 0 Å². The summed E-state index contributed by atoms with van der Waals surface area (Å²) >= 11 is 0. The molecule has 0 unspecified atom stereocenters. The van der Waals surface area contributed by atoms with Gasteiger partial charge in [0.05, 0.1) is 42.9 Å². The van der Waals surface area contributed by atoms with Crippen molar-refractivity contribution < 1.29 is 9.53 Å². The van der Waals surface area contributed by atoms with Gasteiger partial charge in [0.15, 0.2) is 0 Å². The Labute approximate surface area is 185 Å². The molecule has 162 valence electrons. The Balaban J connectivity index is 1.52. The second-order valence-corrected chi connectivity index (χ2v) is 7.31. The summed E-state index contributed by atoms with van der Waals surface area (Å²) in [5, 5.41) is 8.76. The van der Waals surface area contributed by atoms with Crippen LogP contribution in [0.5, 0.6) is 5.75 Å². The number of nitrogens with one attached hydrogen (secondary N) is 1. The fraction of sp³-hybridized carbons (Fsp3) is 0.200. The number of rotatable bonds is 8. The smallest absolute Gasteiger partial charge is 0.275 e. The van der Waals surface area contributed by atoms with Gasteiger partial charge in [0.2, 0.25) is 5.91 Å². The highest BCUT2D eigenvalue weighted by atomic mass is 16.5. The predicted octanol–water partition coefficient (Wildman–Crippen LogP) is 3.10. The SMILES string of the molecule is CCOc1ccc(CC(=O)NCc2nn(Cc3ccccn3)c(=O)c3ccccc23)cc1. The Morgan fingerprint density at radius 3 is 2.47 bits per heavy atom. The molecule has 2 heterocycles. The van der Waals surface area contributed by atoms with E-state index in [-0.39, 0.29) is 31.0 Å². The quantitative estimate of drug-likeness (QED) is 0.466. The zero-order valence-corrected chi connectivity index (χ0v) is 17.8. The number of carbonyl (C=O) groups is 1. The van der Waals surface area contributed by atoms with E-state index in [1.54, 1.807) is 12.3 Å². The van der Waals surface area contributed by atoms with E-state index < -0.39 is 0 Å². The lowest BCUT2D eigenvalue weighted by Crippen LogP contribution is -2.29. The van der Waals surface area contributed by atoms with E-state index in [2.05, 4.69) is 15.4 Å². The summed E-state index contributed by atoms with van der Waals surface area (Å²) < 4.78 is 6.84. The molecule has 0 atom stereocenters. The molecular weight excluding hydrogens is 404 g/mol. The van der Waals surface area contributed by atoms with Gasteiger partial charge >= 0.3 is 0 Å². The average Bonchev–Trinajstić information content (AvgIpc) is 2.82. The summed E-state index contributed by atoms with van der Waals surface area (Å²) in [6.45, 7) is 3.01. The van der Waals surface area contributed by atoms with E-state index in [0.29, 0.717) is 17.7 Å². The van der Waals surface area contributed by atoms with Crippen LogP contribution in [-0.2, 0) is 24.3 Å². The molecule has 1 amide bonds. The maximum atomic E-state index is 12.9. The van der Waals surface area contributed by atoms with Crippen LogP contribution in [0, 0.1) is 0 Å². The number of pyridine rings is 1. The summed E-state index contributed by atoms with van der Waals surface area (Å²) in [6.07, 6.45) is 1.93. The molecular formula is C25H24N4O3. The fourth-order valence-electron chi connectivity index (χ4n) is 3.49. The van der Waals surface area contributed by atoms with Gasteiger partial charge in [0, 0.05) is 11.6 Å². The molecule has 2 aromatic heterocycles. The highest BCUT2D eigenvalue weighted by Gasteiger charge is 2.12. The van der Waals surface area contributed by atoms with E-state index in [1.807, 2.05) is 67.6 Å². The van der Waals surface area contributed by atoms with Crippen LogP contribution in [0.3, 0.4) is 0 Å². The summed E-state index contributed by atoms with van der Waals surface area (Å²) in [7, 11) is 0. The van der Waals surface area contributed by atoms with E-state index >= 15 is 0 Å². The van der Waals surface area contributed by atoms with Crippen molar-refractivity contribution in [3.8, 4) is 5.75 Å². The first-order valence-electron chi connectivity index (χ1n) is 10.5. The van der Waals surface area contributed by atoms with Crippen LogP contribution < -0.4 is 15.6 Å². The Kier molecular flexibility index (Phi) is 6.55. The van der Waals surface area contributed by atoms with Gasteiger partial charge in [-0.05, 0) is 42.8 Å². The maximum absolute atomic E-state index is 12.9. The molecule has 7 nitrogen and oxygen atoms in total. The average molecular weight is 428 g/mol. The molecule has 7 heteroatoms. The zero-order valence-electron chi connectivity index (χ0n) is 17.8. The number of hydrogen-bond donors (Lipinski definition) is 1. The lowest BCUT2D eigenvalue weighted by Gasteiger charge is -2.12. The van der Waals surface area contributed by atoms with Crippen LogP contribution in [0.25, 0.3) is 10.8 Å². The number of fused-ring (bicyclic) bond motifs is 1. The highest BCUT2D eigenvalue weighted by Crippen LogP contribution is 2.15. The molecule has 4 aromatic rings. The third kappa shape index (κ3) is 5.00. The van der Waals surface area contributed by atoms with Gasteiger partial charge in [-0.2, -0.15) is 5.10 Å². The van der Waals surface area contributed by atoms with Gasteiger partial charge in [-0.1, -0.05) is 36.4 Å². The van der Waals surface area contributed by atoms with Crippen LogP contribution >= 0.6 is 0 Å². The van der Waals surface area contributed by atoms with Gasteiger partial charge in [0.25, 0.3) is 5.56 Å². The molecule has 0 radical (unpaired) electrons. The fourth-order valence-corrected chi connectivity index (χ4v) is 3.49. The van der Waals surface area contributed by atoms with Crippen LogP contribution in [-0.4, -0.2) is 27.3 Å². The minimum Gasteiger partial charge on any atom is -0.494 e.